The fourth-order valence-corrected chi connectivity index (χ4v) is 2.76. The fraction of sp³-hybridized carbons (Fsp3) is 0.278. The lowest BCUT2D eigenvalue weighted by atomic mass is 10.0. The summed E-state index contributed by atoms with van der Waals surface area (Å²) < 4.78 is 31.9. The summed E-state index contributed by atoms with van der Waals surface area (Å²) in [4.78, 5) is 36.6. The van der Waals surface area contributed by atoms with Crippen molar-refractivity contribution >= 4 is 34.8 Å². The summed E-state index contributed by atoms with van der Waals surface area (Å²) in [5, 5.41) is 6.29. The number of benzene rings is 1. The molecule has 0 radical (unpaired) electrons. The number of thiophene rings is 1. The lowest BCUT2D eigenvalue weighted by Crippen LogP contribution is -2.45. The van der Waals surface area contributed by atoms with Crippen molar-refractivity contribution in [2.75, 3.05) is 11.9 Å². The SMILES string of the molecule is CC(C)[C@@H](NC(=O)c1cccs1)C(=O)OCC(=O)Nc1c(F)cccc1F. The first-order valence-corrected chi connectivity index (χ1v) is 8.92. The molecule has 1 heterocycles. The first-order valence-electron chi connectivity index (χ1n) is 8.04. The second-order valence-electron chi connectivity index (χ2n) is 5.92. The molecule has 6 nitrogen and oxygen atoms in total. The van der Waals surface area contributed by atoms with Gasteiger partial charge in [-0.2, -0.15) is 0 Å². The smallest absolute Gasteiger partial charge is 0.329 e. The van der Waals surface area contributed by atoms with Crippen molar-refractivity contribution in [2.24, 2.45) is 5.92 Å². The molecule has 1 aromatic heterocycles. The Balaban J connectivity index is 1.93. The van der Waals surface area contributed by atoms with Crippen LogP contribution in [0.3, 0.4) is 0 Å². The Morgan fingerprint density at radius 1 is 1.11 bits per heavy atom. The topological polar surface area (TPSA) is 84.5 Å². The number of rotatable bonds is 7. The average molecular weight is 396 g/mol. The first-order chi connectivity index (χ1) is 12.8. The highest BCUT2D eigenvalue weighted by atomic mass is 32.1. The van der Waals surface area contributed by atoms with Crippen molar-refractivity contribution in [3.8, 4) is 0 Å². The van der Waals surface area contributed by atoms with Crippen molar-refractivity contribution in [1.82, 2.24) is 5.32 Å². The second-order valence-corrected chi connectivity index (χ2v) is 6.87. The van der Waals surface area contributed by atoms with Crippen LogP contribution in [0.1, 0.15) is 23.5 Å². The van der Waals surface area contributed by atoms with Gasteiger partial charge in [-0.15, -0.1) is 11.3 Å². The summed E-state index contributed by atoms with van der Waals surface area (Å²) >= 11 is 1.22. The molecule has 1 aromatic carbocycles. The molecule has 0 aliphatic heterocycles. The van der Waals surface area contributed by atoms with Crippen molar-refractivity contribution < 1.29 is 27.9 Å². The van der Waals surface area contributed by atoms with Crippen molar-refractivity contribution in [3.05, 3.63) is 52.2 Å². The molecule has 2 N–H and O–H groups in total. The molecule has 0 aliphatic carbocycles. The number of para-hydroxylation sites is 1. The third-order valence-corrected chi connectivity index (χ3v) is 4.39. The van der Waals surface area contributed by atoms with E-state index in [1.807, 2.05) is 5.32 Å². The van der Waals surface area contributed by atoms with E-state index in [2.05, 4.69) is 5.32 Å². The molecular weight excluding hydrogens is 378 g/mol. The summed E-state index contributed by atoms with van der Waals surface area (Å²) in [6.07, 6.45) is 0. The number of hydrogen-bond acceptors (Lipinski definition) is 5. The molecule has 0 aliphatic rings. The lowest BCUT2D eigenvalue weighted by Gasteiger charge is -2.20. The van der Waals surface area contributed by atoms with E-state index in [1.165, 1.54) is 11.3 Å². The zero-order chi connectivity index (χ0) is 20.0. The standard InChI is InChI=1S/C18H18F2N2O4S/c1-10(2)15(22-17(24)13-7-4-8-27-13)18(25)26-9-14(23)21-16-11(19)5-3-6-12(16)20/h3-8,10,15H,9H2,1-2H3,(H,21,23)(H,22,24)/t15-/m1/s1. The van der Waals surface area contributed by atoms with Crippen LogP contribution in [0.2, 0.25) is 0 Å². The predicted molar refractivity (Wildman–Crippen MR) is 96.4 cm³/mol. The van der Waals surface area contributed by atoms with Gasteiger partial charge in [-0.05, 0) is 29.5 Å². The Hall–Kier alpha value is -2.81. The van der Waals surface area contributed by atoms with Gasteiger partial charge < -0.3 is 15.4 Å². The maximum absolute atomic E-state index is 13.5. The quantitative estimate of drug-likeness (QED) is 0.705. The summed E-state index contributed by atoms with van der Waals surface area (Å²) in [5.41, 5.74) is -0.620. The van der Waals surface area contributed by atoms with Gasteiger partial charge in [-0.1, -0.05) is 26.0 Å². The molecule has 2 rings (SSSR count). The van der Waals surface area contributed by atoms with E-state index < -0.39 is 47.8 Å². The van der Waals surface area contributed by atoms with Gasteiger partial charge in [0.2, 0.25) is 0 Å². The van der Waals surface area contributed by atoms with Crippen LogP contribution in [0, 0.1) is 17.6 Å². The number of hydrogen-bond donors (Lipinski definition) is 2. The molecule has 0 saturated carbocycles. The van der Waals surface area contributed by atoms with Crippen molar-refractivity contribution in [3.63, 3.8) is 0 Å². The highest BCUT2D eigenvalue weighted by Gasteiger charge is 2.27. The molecule has 0 spiro atoms. The van der Waals surface area contributed by atoms with E-state index in [1.54, 1.807) is 31.4 Å². The minimum atomic E-state index is -0.974. The number of nitrogens with one attached hydrogen (secondary N) is 2. The highest BCUT2D eigenvalue weighted by Crippen LogP contribution is 2.18. The van der Waals surface area contributed by atoms with Crippen LogP contribution in [0.25, 0.3) is 0 Å². The molecule has 0 bridgehead atoms. The maximum atomic E-state index is 13.5. The lowest BCUT2D eigenvalue weighted by molar-refractivity contribution is -0.150. The monoisotopic (exact) mass is 396 g/mol. The van der Waals surface area contributed by atoms with Gasteiger partial charge in [0.25, 0.3) is 11.8 Å². The number of carbonyl (C=O) groups is 3. The van der Waals surface area contributed by atoms with Crippen LogP contribution in [-0.4, -0.2) is 30.4 Å². The molecule has 27 heavy (non-hydrogen) atoms. The number of esters is 1. The predicted octanol–water partition coefficient (Wildman–Crippen LogP) is 2.96. The fourth-order valence-electron chi connectivity index (χ4n) is 2.14. The summed E-state index contributed by atoms with van der Waals surface area (Å²) in [6, 6.07) is 5.47. The van der Waals surface area contributed by atoms with Gasteiger partial charge in [0.05, 0.1) is 4.88 Å². The minimum Gasteiger partial charge on any atom is -0.454 e. The van der Waals surface area contributed by atoms with Crippen LogP contribution in [0.15, 0.2) is 35.7 Å². The van der Waals surface area contributed by atoms with Gasteiger partial charge in [0.1, 0.15) is 23.4 Å². The number of anilines is 1. The molecule has 1 atom stereocenters. The summed E-state index contributed by atoms with van der Waals surface area (Å²) in [5.74, 6) is -4.35. The number of ether oxygens (including phenoxy) is 1. The van der Waals surface area contributed by atoms with Crippen LogP contribution < -0.4 is 10.6 Å². The zero-order valence-corrected chi connectivity index (χ0v) is 15.4. The van der Waals surface area contributed by atoms with Crippen molar-refractivity contribution in [1.29, 1.82) is 0 Å². The third-order valence-electron chi connectivity index (χ3n) is 3.52. The molecule has 2 amide bonds. The van der Waals surface area contributed by atoms with E-state index in [0.29, 0.717) is 4.88 Å². The van der Waals surface area contributed by atoms with Gasteiger partial charge in [0, 0.05) is 0 Å². The van der Waals surface area contributed by atoms with Crippen LogP contribution in [-0.2, 0) is 14.3 Å². The van der Waals surface area contributed by atoms with E-state index >= 15 is 0 Å². The molecule has 9 heteroatoms. The molecule has 2 aromatic rings. The van der Waals surface area contributed by atoms with E-state index in [9.17, 15) is 23.2 Å². The summed E-state index contributed by atoms with van der Waals surface area (Å²) in [6.45, 7) is 2.66. The third kappa shape index (κ3) is 5.58. The minimum absolute atomic E-state index is 0.298. The van der Waals surface area contributed by atoms with Crippen LogP contribution >= 0.6 is 11.3 Å². The van der Waals surface area contributed by atoms with Crippen molar-refractivity contribution in [2.45, 2.75) is 19.9 Å². The Kier molecular flexibility index (Phi) is 7.00. The Morgan fingerprint density at radius 3 is 2.33 bits per heavy atom. The van der Waals surface area contributed by atoms with Gasteiger partial charge in [0.15, 0.2) is 6.61 Å². The summed E-state index contributed by atoms with van der Waals surface area (Å²) in [7, 11) is 0. The maximum Gasteiger partial charge on any atom is 0.329 e. The Morgan fingerprint density at radius 2 is 1.78 bits per heavy atom. The number of halogens is 2. The molecule has 0 fully saturated rings. The molecule has 144 valence electrons. The Bertz CT molecular complexity index is 805. The largest absolute Gasteiger partial charge is 0.454 e. The zero-order valence-electron chi connectivity index (χ0n) is 14.6. The molecule has 0 saturated heterocycles. The average Bonchev–Trinajstić information content (AvgIpc) is 3.15. The highest BCUT2D eigenvalue weighted by molar-refractivity contribution is 7.12. The molecular formula is C18H18F2N2O4S. The van der Waals surface area contributed by atoms with E-state index in [4.69, 9.17) is 4.74 Å². The van der Waals surface area contributed by atoms with Gasteiger partial charge in [-0.3, -0.25) is 9.59 Å². The van der Waals surface area contributed by atoms with Crippen LogP contribution in [0.4, 0.5) is 14.5 Å². The number of carbonyl (C=O) groups excluding carboxylic acids is 3. The van der Waals surface area contributed by atoms with E-state index in [0.717, 1.165) is 18.2 Å². The Labute approximate surface area is 158 Å². The normalized spacial score (nSPS) is 11.7. The number of amides is 2. The first kappa shape index (κ1) is 20.5. The molecule has 0 unspecified atom stereocenters. The van der Waals surface area contributed by atoms with Gasteiger partial charge >= 0.3 is 5.97 Å². The van der Waals surface area contributed by atoms with Gasteiger partial charge in [-0.25, -0.2) is 13.6 Å². The van der Waals surface area contributed by atoms with E-state index in [-0.39, 0.29) is 5.92 Å². The van der Waals surface area contributed by atoms with Crippen LogP contribution in [0.5, 0.6) is 0 Å². The second kappa shape index (κ2) is 9.22.